The molecular formula is C14H16ClF3N2O2. The average molecular weight is 337 g/mol. The number of hydrogen-bond acceptors (Lipinski definition) is 3. The van der Waals surface area contributed by atoms with Crippen LogP contribution < -0.4 is 10.6 Å². The number of alkyl halides is 3. The van der Waals surface area contributed by atoms with Gasteiger partial charge in [0.2, 0.25) is 5.91 Å². The first-order chi connectivity index (χ1) is 10.4. The molecule has 1 amide bonds. The number of benzene rings is 1. The number of carbonyl (C=O) groups is 1. The fraction of sp³-hybridized carbons (Fsp3) is 0.500. The molecule has 1 aromatic carbocycles. The molecule has 0 bridgehead atoms. The normalized spacial score (nSPS) is 16.5. The maximum atomic E-state index is 12.7. The van der Waals surface area contributed by atoms with Crippen molar-refractivity contribution < 1.29 is 22.7 Å². The molecular weight excluding hydrogens is 321 g/mol. The molecule has 0 radical (unpaired) electrons. The van der Waals surface area contributed by atoms with Gasteiger partial charge in [0, 0.05) is 5.69 Å². The van der Waals surface area contributed by atoms with E-state index in [4.69, 9.17) is 16.3 Å². The zero-order valence-electron chi connectivity index (χ0n) is 11.7. The van der Waals surface area contributed by atoms with E-state index in [0.29, 0.717) is 0 Å². The monoisotopic (exact) mass is 336 g/mol. The Labute approximate surface area is 131 Å². The number of rotatable bonds is 4. The van der Waals surface area contributed by atoms with Crippen molar-refractivity contribution in [1.29, 1.82) is 0 Å². The van der Waals surface area contributed by atoms with Crippen LogP contribution in [0.25, 0.3) is 0 Å². The standard InChI is InChI=1S/C14H16ClF3N2O2/c15-12-2-1-9(7-11(12)14(16,17)18)20-13(21)8-22-10-3-5-19-6-4-10/h1-2,7,10,19H,3-6,8H2,(H,20,21). The molecule has 1 aromatic rings. The van der Waals surface area contributed by atoms with E-state index in [1.807, 2.05) is 0 Å². The van der Waals surface area contributed by atoms with E-state index in [-0.39, 0.29) is 18.4 Å². The van der Waals surface area contributed by atoms with Crippen molar-refractivity contribution in [3.63, 3.8) is 0 Å². The summed E-state index contributed by atoms with van der Waals surface area (Å²) in [6, 6.07) is 3.23. The molecule has 122 valence electrons. The van der Waals surface area contributed by atoms with E-state index in [1.54, 1.807) is 0 Å². The first-order valence-corrected chi connectivity index (χ1v) is 7.23. The zero-order chi connectivity index (χ0) is 16.2. The van der Waals surface area contributed by atoms with Gasteiger partial charge in [0.05, 0.1) is 16.7 Å². The van der Waals surface area contributed by atoms with Crippen molar-refractivity contribution in [2.24, 2.45) is 0 Å². The Bertz CT molecular complexity index is 531. The van der Waals surface area contributed by atoms with E-state index in [1.165, 1.54) is 6.07 Å². The van der Waals surface area contributed by atoms with Crippen LogP contribution in [0, 0.1) is 0 Å². The molecule has 0 atom stereocenters. The number of ether oxygens (including phenoxy) is 1. The maximum Gasteiger partial charge on any atom is 0.417 e. The predicted octanol–water partition coefficient (Wildman–Crippen LogP) is 3.07. The summed E-state index contributed by atoms with van der Waals surface area (Å²) >= 11 is 5.52. The molecule has 0 aromatic heterocycles. The second-order valence-corrected chi connectivity index (χ2v) is 5.41. The molecule has 1 heterocycles. The smallest absolute Gasteiger partial charge is 0.368 e. The summed E-state index contributed by atoms with van der Waals surface area (Å²) in [5, 5.41) is 5.15. The van der Waals surface area contributed by atoms with Crippen molar-refractivity contribution in [3.8, 4) is 0 Å². The number of carbonyl (C=O) groups excluding carboxylic acids is 1. The minimum Gasteiger partial charge on any atom is -0.368 e. The van der Waals surface area contributed by atoms with Gasteiger partial charge in [0.1, 0.15) is 6.61 Å². The van der Waals surface area contributed by atoms with Gasteiger partial charge in [-0.15, -0.1) is 0 Å². The fourth-order valence-corrected chi connectivity index (χ4v) is 2.40. The van der Waals surface area contributed by atoms with Gasteiger partial charge >= 0.3 is 6.18 Å². The summed E-state index contributed by atoms with van der Waals surface area (Å²) < 4.78 is 43.6. The van der Waals surface area contributed by atoms with Gasteiger partial charge in [-0.2, -0.15) is 13.2 Å². The van der Waals surface area contributed by atoms with Crippen LogP contribution in [0.1, 0.15) is 18.4 Å². The van der Waals surface area contributed by atoms with Gasteiger partial charge < -0.3 is 15.4 Å². The van der Waals surface area contributed by atoms with Crippen molar-refractivity contribution in [2.75, 3.05) is 25.0 Å². The number of anilines is 1. The van der Waals surface area contributed by atoms with Gasteiger partial charge in [-0.05, 0) is 44.1 Å². The van der Waals surface area contributed by atoms with Gasteiger partial charge in [-0.3, -0.25) is 4.79 Å². The Morgan fingerprint density at radius 1 is 1.36 bits per heavy atom. The van der Waals surface area contributed by atoms with E-state index in [9.17, 15) is 18.0 Å². The second kappa shape index (κ2) is 7.30. The Morgan fingerprint density at radius 2 is 2.05 bits per heavy atom. The molecule has 8 heteroatoms. The summed E-state index contributed by atoms with van der Waals surface area (Å²) in [5.74, 6) is -0.492. The molecule has 0 aliphatic carbocycles. The number of hydrogen-bond donors (Lipinski definition) is 2. The van der Waals surface area contributed by atoms with Gasteiger partial charge in [-0.1, -0.05) is 11.6 Å². The van der Waals surface area contributed by atoms with Crippen molar-refractivity contribution in [3.05, 3.63) is 28.8 Å². The molecule has 22 heavy (non-hydrogen) atoms. The highest BCUT2D eigenvalue weighted by Gasteiger charge is 2.33. The second-order valence-electron chi connectivity index (χ2n) is 5.00. The number of halogens is 4. The van der Waals surface area contributed by atoms with Crippen molar-refractivity contribution >= 4 is 23.2 Å². The first-order valence-electron chi connectivity index (χ1n) is 6.85. The van der Waals surface area contributed by atoms with Crippen LogP contribution in [0.5, 0.6) is 0 Å². The highest BCUT2D eigenvalue weighted by molar-refractivity contribution is 6.31. The van der Waals surface area contributed by atoms with Gasteiger partial charge in [0.15, 0.2) is 0 Å². The molecule has 1 fully saturated rings. The third-order valence-corrected chi connectivity index (χ3v) is 3.62. The van der Waals surface area contributed by atoms with E-state index in [0.717, 1.165) is 38.1 Å². The molecule has 1 aliphatic rings. The number of piperidine rings is 1. The Kier molecular flexibility index (Phi) is 5.66. The lowest BCUT2D eigenvalue weighted by molar-refractivity contribution is -0.137. The van der Waals surface area contributed by atoms with E-state index < -0.39 is 22.7 Å². The molecule has 0 spiro atoms. The van der Waals surface area contributed by atoms with Gasteiger partial charge in [-0.25, -0.2) is 0 Å². The molecule has 4 nitrogen and oxygen atoms in total. The van der Waals surface area contributed by atoms with Crippen LogP contribution in [0.15, 0.2) is 18.2 Å². The van der Waals surface area contributed by atoms with Crippen LogP contribution in [-0.4, -0.2) is 31.7 Å². The molecule has 2 rings (SSSR count). The minimum atomic E-state index is -4.57. The first kappa shape index (κ1) is 17.1. The Hall–Kier alpha value is -1.31. The van der Waals surface area contributed by atoms with E-state index in [2.05, 4.69) is 10.6 Å². The highest BCUT2D eigenvalue weighted by Crippen LogP contribution is 2.36. The van der Waals surface area contributed by atoms with Crippen LogP contribution in [0.3, 0.4) is 0 Å². The fourth-order valence-electron chi connectivity index (χ4n) is 2.17. The van der Waals surface area contributed by atoms with Crippen LogP contribution in [-0.2, 0) is 15.7 Å². The maximum absolute atomic E-state index is 12.7. The SMILES string of the molecule is O=C(COC1CCNCC1)Nc1ccc(Cl)c(C(F)(F)F)c1. The van der Waals surface area contributed by atoms with Crippen LogP contribution in [0.2, 0.25) is 5.02 Å². The average Bonchev–Trinajstić information content (AvgIpc) is 2.47. The predicted molar refractivity (Wildman–Crippen MR) is 76.9 cm³/mol. The topological polar surface area (TPSA) is 50.4 Å². The van der Waals surface area contributed by atoms with Crippen LogP contribution >= 0.6 is 11.6 Å². The lowest BCUT2D eigenvalue weighted by Gasteiger charge is -2.22. The zero-order valence-corrected chi connectivity index (χ0v) is 12.4. The van der Waals surface area contributed by atoms with Crippen molar-refractivity contribution in [2.45, 2.75) is 25.1 Å². The number of amides is 1. The molecule has 2 N–H and O–H groups in total. The Morgan fingerprint density at radius 3 is 2.68 bits per heavy atom. The van der Waals surface area contributed by atoms with Crippen molar-refractivity contribution in [1.82, 2.24) is 5.32 Å². The summed E-state index contributed by atoms with van der Waals surface area (Å²) in [4.78, 5) is 11.7. The minimum absolute atomic E-state index is 0.00274. The largest absolute Gasteiger partial charge is 0.417 e. The molecule has 0 unspecified atom stereocenters. The molecule has 1 saturated heterocycles. The highest BCUT2D eigenvalue weighted by atomic mass is 35.5. The molecule has 0 saturated carbocycles. The van der Waals surface area contributed by atoms with E-state index >= 15 is 0 Å². The Balaban J connectivity index is 1.91. The summed E-state index contributed by atoms with van der Waals surface area (Å²) in [5.41, 5.74) is -0.943. The third kappa shape index (κ3) is 4.86. The number of nitrogens with one attached hydrogen (secondary N) is 2. The lowest BCUT2D eigenvalue weighted by Crippen LogP contribution is -2.34. The molecule has 1 aliphatic heterocycles. The summed E-state index contributed by atoms with van der Waals surface area (Å²) in [7, 11) is 0. The van der Waals surface area contributed by atoms with Gasteiger partial charge in [0.25, 0.3) is 0 Å². The summed E-state index contributed by atoms with van der Waals surface area (Å²) in [6.07, 6.45) is -2.94. The van der Waals surface area contributed by atoms with Crippen LogP contribution in [0.4, 0.5) is 18.9 Å². The quantitative estimate of drug-likeness (QED) is 0.888. The third-order valence-electron chi connectivity index (χ3n) is 3.29. The summed E-state index contributed by atoms with van der Waals surface area (Å²) in [6.45, 7) is 1.48. The lowest BCUT2D eigenvalue weighted by atomic mass is 10.1.